The van der Waals surface area contributed by atoms with Crippen LogP contribution in [0.5, 0.6) is 0 Å². The van der Waals surface area contributed by atoms with Gasteiger partial charge in [0.2, 0.25) is 0 Å². The predicted molar refractivity (Wildman–Crippen MR) is 74.4 cm³/mol. The number of hydrogen-bond donors (Lipinski definition) is 1. The van der Waals surface area contributed by atoms with Crippen molar-refractivity contribution in [1.29, 1.82) is 0 Å². The molecule has 1 saturated carbocycles. The second-order valence-corrected chi connectivity index (χ2v) is 5.87. The molecule has 96 valence electrons. The van der Waals surface area contributed by atoms with E-state index >= 15 is 0 Å². The van der Waals surface area contributed by atoms with Crippen LogP contribution in [0.2, 0.25) is 0 Å². The molecular weight excluding hydrogens is 222 g/mol. The van der Waals surface area contributed by atoms with Crippen molar-refractivity contribution >= 4 is 11.0 Å². The quantitative estimate of drug-likeness (QED) is 0.860. The Balaban J connectivity index is 1.60. The van der Waals surface area contributed by atoms with Crippen LogP contribution in [0, 0.1) is 11.3 Å². The summed E-state index contributed by atoms with van der Waals surface area (Å²) in [6.07, 6.45) is 2.75. The molecule has 0 saturated heterocycles. The molecule has 3 rings (SSSR count). The molecule has 1 aromatic carbocycles. The van der Waals surface area contributed by atoms with Crippen molar-refractivity contribution in [2.24, 2.45) is 11.3 Å². The monoisotopic (exact) mass is 243 g/mol. The molecule has 1 fully saturated rings. The van der Waals surface area contributed by atoms with E-state index in [9.17, 15) is 0 Å². The van der Waals surface area contributed by atoms with Crippen LogP contribution in [-0.2, 0) is 6.54 Å². The number of nitrogens with one attached hydrogen (secondary N) is 1. The lowest BCUT2D eigenvalue weighted by atomic mass is 9.92. The average Bonchev–Trinajstić information content (AvgIpc) is 3.03. The van der Waals surface area contributed by atoms with E-state index in [2.05, 4.69) is 31.3 Å². The second-order valence-electron chi connectivity index (χ2n) is 5.87. The Kier molecular flexibility index (Phi) is 2.90. The van der Waals surface area contributed by atoms with Gasteiger partial charge in [-0.2, -0.15) is 0 Å². The Morgan fingerprint density at radius 3 is 2.72 bits per heavy atom. The predicted octanol–water partition coefficient (Wildman–Crippen LogP) is 3.96. The first-order chi connectivity index (χ1) is 8.70. The molecule has 0 spiro atoms. The van der Waals surface area contributed by atoms with Crippen LogP contribution >= 0.6 is 0 Å². The molecule has 0 atom stereocenters. The molecular formula is C16H21NO. The van der Waals surface area contributed by atoms with Crippen molar-refractivity contribution in [3.05, 3.63) is 36.1 Å². The van der Waals surface area contributed by atoms with E-state index in [0.29, 0.717) is 5.41 Å². The van der Waals surface area contributed by atoms with Crippen LogP contribution in [0.3, 0.4) is 0 Å². The van der Waals surface area contributed by atoms with Gasteiger partial charge in [0.15, 0.2) is 0 Å². The Bertz CT molecular complexity index is 504. The summed E-state index contributed by atoms with van der Waals surface area (Å²) in [7, 11) is 0. The van der Waals surface area contributed by atoms with Gasteiger partial charge in [-0.3, -0.25) is 0 Å². The van der Waals surface area contributed by atoms with Gasteiger partial charge < -0.3 is 9.73 Å². The van der Waals surface area contributed by atoms with Crippen molar-refractivity contribution in [3.63, 3.8) is 0 Å². The van der Waals surface area contributed by atoms with Crippen molar-refractivity contribution in [3.8, 4) is 0 Å². The highest BCUT2D eigenvalue weighted by atomic mass is 16.3. The van der Waals surface area contributed by atoms with E-state index in [1.807, 2.05) is 18.2 Å². The first kappa shape index (κ1) is 11.8. The molecule has 18 heavy (non-hydrogen) atoms. The van der Waals surface area contributed by atoms with Gasteiger partial charge in [-0.25, -0.2) is 0 Å². The molecule has 1 aliphatic rings. The maximum atomic E-state index is 5.80. The number of fused-ring (bicyclic) bond motifs is 1. The molecule has 0 amide bonds. The zero-order valence-corrected chi connectivity index (χ0v) is 11.2. The lowest BCUT2D eigenvalue weighted by Gasteiger charge is -2.19. The van der Waals surface area contributed by atoms with Gasteiger partial charge >= 0.3 is 0 Å². The number of para-hydroxylation sites is 1. The fraction of sp³-hybridized carbons (Fsp3) is 0.500. The first-order valence-electron chi connectivity index (χ1n) is 6.88. The lowest BCUT2D eigenvalue weighted by Crippen LogP contribution is -2.27. The molecule has 2 aromatic rings. The number of hydrogen-bond acceptors (Lipinski definition) is 2. The summed E-state index contributed by atoms with van der Waals surface area (Å²) in [5, 5.41) is 4.75. The van der Waals surface area contributed by atoms with E-state index in [1.54, 1.807) is 0 Å². The minimum absolute atomic E-state index is 0.562. The Labute approximate surface area is 108 Å². The molecule has 1 heterocycles. The van der Waals surface area contributed by atoms with Gasteiger partial charge in [0.25, 0.3) is 0 Å². The third-order valence-corrected chi connectivity index (χ3v) is 4.37. The van der Waals surface area contributed by atoms with E-state index in [-0.39, 0.29) is 0 Å². The highest BCUT2D eigenvalue weighted by Crippen LogP contribution is 2.51. The zero-order valence-electron chi connectivity index (χ0n) is 11.2. The molecule has 2 nitrogen and oxygen atoms in total. The molecule has 1 aliphatic carbocycles. The van der Waals surface area contributed by atoms with E-state index < -0.39 is 0 Å². The van der Waals surface area contributed by atoms with Gasteiger partial charge in [-0.15, -0.1) is 0 Å². The van der Waals surface area contributed by atoms with E-state index in [4.69, 9.17) is 4.42 Å². The fourth-order valence-corrected chi connectivity index (χ4v) is 2.68. The Morgan fingerprint density at radius 2 is 2.06 bits per heavy atom. The van der Waals surface area contributed by atoms with E-state index in [0.717, 1.165) is 30.4 Å². The zero-order chi connectivity index (χ0) is 12.6. The van der Waals surface area contributed by atoms with Crippen LogP contribution in [0.4, 0.5) is 0 Å². The maximum Gasteiger partial charge on any atom is 0.134 e. The summed E-state index contributed by atoms with van der Waals surface area (Å²) < 4.78 is 5.80. The number of furan rings is 1. The minimum atomic E-state index is 0.562. The van der Waals surface area contributed by atoms with Gasteiger partial charge in [0.1, 0.15) is 11.3 Å². The third kappa shape index (κ3) is 2.17. The SMILES string of the molecule is CC(C)C1(CNCc2cc3ccccc3o2)CC1. The van der Waals surface area contributed by atoms with Gasteiger partial charge in [-0.05, 0) is 36.3 Å². The van der Waals surface area contributed by atoms with Crippen LogP contribution in [-0.4, -0.2) is 6.54 Å². The molecule has 0 bridgehead atoms. The Hall–Kier alpha value is -1.28. The summed E-state index contributed by atoms with van der Waals surface area (Å²) in [5.41, 5.74) is 1.55. The molecule has 1 N–H and O–H groups in total. The first-order valence-corrected chi connectivity index (χ1v) is 6.88. The summed E-state index contributed by atoms with van der Waals surface area (Å²) in [6.45, 7) is 6.61. The summed E-state index contributed by atoms with van der Waals surface area (Å²) in [5.74, 6) is 1.82. The third-order valence-electron chi connectivity index (χ3n) is 4.37. The van der Waals surface area contributed by atoms with Crippen LogP contribution < -0.4 is 5.32 Å². The molecule has 0 radical (unpaired) electrons. The average molecular weight is 243 g/mol. The van der Waals surface area contributed by atoms with Crippen LogP contribution in [0.25, 0.3) is 11.0 Å². The molecule has 1 aromatic heterocycles. The van der Waals surface area contributed by atoms with Gasteiger partial charge in [-0.1, -0.05) is 32.0 Å². The summed E-state index contributed by atoms with van der Waals surface area (Å²) >= 11 is 0. The molecule has 0 unspecified atom stereocenters. The lowest BCUT2D eigenvalue weighted by molar-refractivity contribution is 0.332. The summed E-state index contributed by atoms with van der Waals surface area (Å²) in [6, 6.07) is 10.3. The van der Waals surface area contributed by atoms with Crippen molar-refractivity contribution in [2.75, 3.05) is 6.54 Å². The minimum Gasteiger partial charge on any atom is -0.460 e. The Morgan fingerprint density at radius 1 is 1.28 bits per heavy atom. The van der Waals surface area contributed by atoms with Crippen molar-refractivity contribution in [1.82, 2.24) is 5.32 Å². The topological polar surface area (TPSA) is 25.2 Å². The summed E-state index contributed by atoms with van der Waals surface area (Å²) in [4.78, 5) is 0. The van der Waals surface area contributed by atoms with Gasteiger partial charge in [0.05, 0.1) is 6.54 Å². The highest BCUT2D eigenvalue weighted by Gasteiger charge is 2.44. The number of benzene rings is 1. The van der Waals surface area contributed by atoms with Crippen molar-refractivity contribution in [2.45, 2.75) is 33.2 Å². The molecule has 2 heteroatoms. The van der Waals surface area contributed by atoms with Crippen LogP contribution in [0.1, 0.15) is 32.4 Å². The smallest absolute Gasteiger partial charge is 0.134 e. The van der Waals surface area contributed by atoms with Crippen LogP contribution in [0.15, 0.2) is 34.7 Å². The standard InChI is InChI=1S/C16H21NO/c1-12(2)16(7-8-16)11-17-10-14-9-13-5-3-4-6-15(13)18-14/h3-6,9,12,17H,7-8,10-11H2,1-2H3. The second kappa shape index (κ2) is 4.43. The fourth-order valence-electron chi connectivity index (χ4n) is 2.68. The largest absolute Gasteiger partial charge is 0.460 e. The molecule has 0 aliphatic heterocycles. The number of rotatable bonds is 5. The van der Waals surface area contributed by atoms with Crippen molar-refractivity contribution < 1.29 is 4.42 Å². The normalized spacial score (nSPS) is 17.5. The highest BCUT2D eigenvalue weighted by molar-refractivity contribution is 5.77. The maximum absolute atomic E-state index is 5.80. The van der Waals surface area contributed by atoms with E-state index in [1.165, 1.54) is 18.2 Å². The van der Waals surface area contributed by atoms with Gasteiger partial charge in [0, 0.05) is 11.9 Å².